The predicted octanol–water partition coefficient (Wildman–Crippen LogP) is 1.17. The fourth-order valence-electron chi connectivity index (χ4n) is 1.64. The van der Waals surface area contributed by atoms with E-state index < -0.39 is 0 Å². The first-order valence-corrected chi connectivity index (χ1v) is 4.64. The number of fused-ring (bicyclic) bond motifs is 1. The van der Waals surface area contributed by atoms with Crippen molar-refractivity contribution >= 4 is 10.9 Å². The first kappa shape index (κ1) is 9.24. The number of hydrogen-bond donors (Lipinski definition) is 2. The fourth-order valence-corrected chi connectivity index (χ4v) is 1.64. The van der Waals surface area contributed by atoms with E-state index in [1.165, 1.54) is 5.52 Å². The van der Waals surface area contributed by atoms with Gasteiger partial charge in [-0.3, -0.25) is 0 Å². The van der Waals surface area contributed by atoms with Crippen LogP contribution in [0.5, 0.6) is 0 Å². The maximum Gasteiger partial charge on any atom is 0.0624 e. The topological polar surface area (TPSA) is 51.2 Å². The largest absolute Gasteiger partial charge is 0.394 e. The lowest BCUT2D eigenvalue weighted by molar-refractivity contribution is 0.268. The van der Waals surface area contributed by atoms with Gasteiger partial charge in [0.2, 0.25) is 0 Å². The van der Waals surface area contributed by atoms with E-state index in [0.29, 0.717) is 0 Å². The lowest BCUT2D eigenvalue weighted by atomic mass is 10.1. The molecule has 2 aromatic rings. The zero-order valence-electron chi connectivity index (χ0n) is 8.14. The summed E-state index contributed by atoms with van der Waals surface area (Å²) in [6, 6.07) is 7.78. The highest BCUT2D eigenvalue weighted by Gasteiger charge is 2.05. The number of aliphatic hydroxyl groups is 1. The summed E-state index contributed by atoms with van der Waals surface area (Å²) in [5, 5.41) is 10.1. The quantitative estimate of drug-likeness (QED) is 0.747. The Hall–Kier alpha value is -1.32. The van der Waals surface area contributed by atoms with Crippen molar-refractivity contribution in [1.29, 1.82) is 0 Å². The average Bonchev–Trinajstić information content (AvgIpc) is 2.59. The summed E-state index contributed by atoms with van der Waals surface area (Å²) >= 11 is 0. The van der Waals surface area contributed by atoms with Gasteiger partial charge in [-0.25, -0.2) is 0 Å². The molecule has 3 nitrogen and oxygen atoms in total. The van der Waals surface area contributed by atoms with E-state index in [2.05, 4.69) is 4.57 Å². The van der Waals surface area contributed by atoms with Crippen LogP contribution in [-0.4, -0.2) is 16.3 Å². The molecule has 0 saturated carbocycles. The Balaban J connectivity index is 2.52. The van der Waals surface area contributed by atoms with Gasteiger partial charge in [0.05, 0.1) is 12.6 Å². The molecule has 0 bridgehead atoms. The minimum Gasteiger partial charge on any atom is -0.394 e. The normalized spacial score (nSPS) is 13.4. The number of aromatic nitrogens is 1. The summed E-state index contributed by atoms with van der Waals surface area (Å²) in [5.74, 6) is 0. The smallest absolute Gasteiger partial charge is 0.0624 e. The summed E-state index contributed by atoms with van der Waals surface area (Å²) in [5.41, 5.74) is 7.89. The van der Waals surface area contributed by atoms with Crippen LogP contribution >= 0.6 is 0 Å². The van der Waals surface area contributed by atoms with Crippen molar-refractivity contribution in [3.8, 4) is 0 Å². The van der Waals surface area contributed by atoms with Crippen LogP contribution in [-0.2, 0) is 7.05 Å². The van der Waals surface area contributed by atoms with Gasteiger partial charge < -0.3 is 15.4 Å². The van der Waals surface area contributed by atoms with E-state index in [1.807, 2.05) is 37.5 Å². The lowest BCUT2D eigenvalue weighted by Gasteiger charge is -2.08. The Morgan fingerprint density at radius 3 is 2.93 bits per heavy atom. The molecule has 3 heteroatoms. The summed E-state index contributed by atoms with van der Waals surface area (Å²) in [4.78, 5) is 0. The zero-order valence-corrected chi connectivity index (χ0v) is 8.14. The van der Waals surface area contributed by atoms with Crippen molar-refractivity contribution in [3.63, 3.8) is 0 Å². The third kappa shape index (κ3) is 1.41. The van der Waals surface area contributed by atoms with Gasteiger partial charge in [-0.1, -0.05) is 6.07 Å². The van der Waals surface area contributed by atoms with E-state index >= 15 is 0 Å². The first-order chi connectivity index (χ1) is 6.72. The molecule has 1 aromatic carbocycles. The van der Waals surface area contributed by atoms with Gasteiger partial charge in [0.25, 0.3) is 0 Å². The zero-order chi connectivity index (χ0) is 10.1. The molecule has 3 N–H and O–H groups in total. The van der Waals surface area contributed by atoms with Gasteiger partial charge in [0.1, 0.15) is 0 Å². The van der Waals surface area contributed by atoms with Gasteiger partial charge in [-0.2, -0.15) is 0 Å². The molecule has 0 aliphatic carbocycles. The molecule has 1 aromatic heterocycles. The van der Waals surface area contributed by atoms with Gasteiger partial charge in [0, 0.05) is 18.8 Å². The molecule has 0 radical (unpaired) electrons. The van der Waals surface area contributed by atoms with Crippen molar-refractivity contribution in [3.05, 3.63) is 36.0 Å². The second kappa shape index (κ2) is 3.44. The van der Waals surface area contributed by atoms with Crippen molar-refractivity contribution in [1.82, 2.24) is 4.57 Å². The molecule has 0 spiro atoms. The Bertz CT molecular complexity index is 447. The minimum absolute atomic E-state index is 0.0155. The van der Waals surface area contributed by atoms with Gasteiger partial charge in [-0.05, 0) is 29.1 Å². The maximum atomic E-state index is 8.94. The summed E-state index contributed by atoms with van der Waals surface area (Å²) in [6.07, 6.45) is 2.01. The molecule has 0 aliphatic heterocycles. The van der Waals surface area contributed by atoms with Crippen LogP contribution < -0.4 is 5.73 Å². The molecule has 2 rings (SSSR count). The van der Waals surface area contributed by atoms with Crippen molar-refractivity contribution < 1.29 is 5.11 Å². The third-order valence-corrected chi connectivity index (χ3v) is 2.53. The predicted molar refractivity (Wildman–Crippen MR) is 56.9 cm³/mol. The molecule has 74 valence electrons. The second-order valence-corrected chi connectivity index (χ2v) is 3.53. The Labute approximate surface area is 82.8 Å². The SMILES string of the molecule is Cn1ccc2cc([C@H](N)CO)ccc21. The van der Waals surface area contributed by atoms with Gasteiger partial charge >= 0.3 is 0 Å². The minimum atomic E-state index is -0.278. The molecule has 0 amide bonds. The fraction of sp³-hybridized carbons (Fsp3) is 0.273. The molecule has 1 atom stereocenters. The summed E-state index contributed by atoms with van der Waals surface area (Å²) < 4.78 is 2.06. The highest BCUT2D eigenvalue weighted by Crippen LogP contribution is 2.19. The number of rotatable bonds is 2. The third-order valence-electron chi connectivity index (χ3n) is 2.53. The van der Waals surface area contributed by atoms with E-state index in [4.69, 9.17) is 10.8 Å². The monoisotopic (exact) mass is 190 g/mol. The number of aliphatic hydroxyl groups excluding tert-OH is 1. The molecule has 0 aliphatic rings. The van der Waals surface area contributed by atoms with Crippen LogP contribution in [0.4, 0.5) is 0 Å². The Morgan fingerprint density at radius 2 is 2.21 bits per heavy atom. The molecule has 1 heterocycles. The van der Waals surface area contributed by atoms with Crippen molar-refractivity contribution in [2.24, 2.45) is 12.8 Å². The Morgan fingerprint density at radius 1 is 1.43 bits per heavy atom. The standard InChI is InChI=1S/C11H14N2O/c1-13-5-4-9-6-8(10(12)7-14)2-3-11(9)13/h2-6,10,14H,7,12H2,1H3/t10-/m1/s1. The molecule has 0 unspecified atom stereocenters. The number of nitrogens with two attached hydrogens (primary N) is 1. The highest BCUT2D eigenvalue weighted by molar-refractivity contribution is 5.80. The van der Waals surface area contributed by atoms with Crippen molar-refractivity contribution in [2.45, 2.75) is 6.04 Å². The second-order valence-electron chi connectivity index (χ2n) is 3.53. The van der Waals surface area contributed by atoms with Crippen molar-refractivity contribution in [2.75, 3.05) is 6.61 Å². The summed E-state index contributed by atoms with van der Waals surface area (Å²) in [6.45, 7) is -0.0155. The van der Waals surface area contributed by atoms with Gasteiger partial charge in [-0.15, -0.1) is 0 Å². The number of hydrogen-bond acceptors (Lipinski definition) is 2. The summed E-state index contributed by atoms with van der Waals surface area (Å²) in [7, 11) is 2.01. The molecular weight excluding hydrogens is 176 g/mol. The number of nitrogens with zero attached hydrogens (tertiary/aromatic N) is 1. The van der Waals surface area contributed by atoms with Crippen LogP contribution in [0.15, 0.2) is 30.5 Å². The van der Waals surface area contributed by atoms with Gasteiger partial charge in [0.15, 0.2) is 0 Å². The van der Waals surface area contributed by atoms with Crippen LogP contribution in [0.3, 0.4) is 0 Å². The average molecular weight is 190 g/mol. The van der Waals surface area contributed by atoms with E-state index in [1.54, 1.807) is 0 Å². The van der Waals surface area contributed by atoms with Crippen LogP contribution in [0, 0.1) is 0 Å². The van der Waals surface area contributed by atoms with Crippen LogP contribution in [0.1, 0.15) is 11.6 Å². The van der Waals surface area contributed by atoms with E-state index in [0.717, 1.165) is 10.9 Å². The lowest BCUT2D eigenvalue weighted by Crippen LogP contribution is -2.14. The highest BCUT2D eigenvalue weighted by atomic mass is 16.3. The Kier molecular flexibility index (Phi) is 2.27. The van der Waals surface area contributed by atoms with Crippen LogP contribution in [0.2, 0.25) is 0 Å². The number of benzene rings is 1. The van der Waals surface area contributed by atoms with E-state index in [9.17, 15) is 0 Å². The molecular formula is C11H14N2O. The maximum absolute atomic E-state index is 8.94. The molecule has 14 heavy (non-hydrogen) atoms. The van der Waals surface area contributed by atoms with Crippen LogP contribution in [0.25, 0.3) is 10.9 Å². The first-order valence-electron chi connectivity index (χ1n) is 4.64. The molecule has 0 fully saturated rings. The number of aryl methyl sites for hydroxylation is 1. The molecule has 0 saturated heterocycles. The van der Waals surface area contributed by atoms with E-state index in [-0.39, 0.29) is 12.6 Å².